The highest BCUT2D eigenvalue weighted by atomic mass is 127. The first-order valence-corrected chi connectivity index (χ1v) is 9.92. The minimum atomic E-state index is 0. The van der Waals surface area contributed by atoms with E-state index in [2.05, 4.69) is 70.2 Å². The molecule has 156 valence electrons. The molecule has 0 saturated heterocycles. The molecule has 1 heterocycles. The number of benzene rings is 1. The lowest BCUT2D eigenvalue weighted by Gasteiger charge is -2.19. The summed E-state index contributed by atoms with van der Waals surface area (Å²) in [7, 11) is 1.82. The van der Waals surface area contributed by atoms with E-state index in [0.29, 0.717) is 0 Å². The number of hydrogen-bond donors (Lipinski definition) is 2. The zero-order chi connectivity index (χ0) is 19.7. The summed E-state index contributed by atoms with van der Waals surface area (Å²) in [6.07, 6.45) is 7.12. The molecule has 1 aromatic heterocycles. The van der Waals surface area contributed by atoms with Crippen molar-refractivity contribution in [2.75, 3.05) is 20.1 Å². The van der Waals surface area contributed by atoms with Crippen LogP contribution in [0.2, 0.25) is 0 Å². The maximum atomic E-state index is 4.31. The number of aromatic nitrogens is 2. The van der Waals surface area contributed by atoms with Crippen molar-refractivity contribution >= 4 is 29.9 Å². The molecule has 1 aromatic carbocycles. The van der Waals surface area contributed by atoms with Gasteiger partial charge in [-0.3, -0.25) is 4.99 Å². The third-order valence-electron chi connectivity index (χ3n) is 4.79. The molecule has 0 aliphatic carbocycles. The third kappa shape index (κ3) is 8.20. The van der Waals surface area contributed by atoms with Crippen LogP contribution < -0.4 is 10.6 Å². The van der Waals surface area contributed by atoms with Crippen LogP contribution in [0.1, 0.15) is 50.6 Å². The number of nitrogens with one attached hydrogen (secondary N) is 2. The van der Waals surface area contributed by atoms with E-state index in [1.54, 1.807) is 0 Å². The van der Waals surface area contributed by atoms with Crippen LogP contribution in [0.5, 0.6) is 0 Å². The van der Waals surface area contributed by atoms with Crippen LogP contribution in [0.15, 0.2) is 41.7 Å². The van der Waals surface area contributed by atoms with E-state index < -0.39 is 0 Å². The summed E-state index contributed by atoms with van der Waals surface area (Å²) in [6.45, 7) is 11.6. The lowest BCUT2D eigenvalue weighted by molar-refractivity contribution is 0.588. The highest BCUT2D eigenvalue weighted by molar-refractivity contribution is 14.0. The second-order valence-corrected chi connectivity index (χ2v) is 8.00. The fraction of sp³-hybridized carbons (Fsp3) is 0.545. The Morgan fingerprint density at radius 2 is 1.75 bits per heavy atom. The average Bonchev–Trinajstić information content (AvgIpc) is 3.04. The molecule has 2 rings (SSSR count). The molecule has 0 aliphatic rings. The Bertz CT molecular complexity index is 713. The molecule has 5 nitrogen and oxygen atoms in total. The molecule has 28 heavy (non-hydrogen) atoms. The molecule has 0 amide bonds. The van der Waals surface area contributed by atoms with Crippen molar-refractivity contribution in [2.24, 2.45) is 4.99 Å². The van der Waals surface area contributed by atoms with Gasteiger partial charge in [-0.15, -0.1) is 24.0 Å². The first kappa shape index (κ1) is 24.5. The lowest BCUT2D eigenvalue weighted by Crippen LogP contribution is -2.38. The van der Waals surface area contributed by atoms with Crippen LogP contribution in [0.3, 0.4) is 0 Å². The first-order chi connectivity index (χ1) is 12.9. The highest BCUT2D eigenvalue weighted by Gasteiger charge is 2.12. The SMILES string of the molecule is CN=C(NCCCCn1ccnc1C)NCCc1ccc(C(C)(C)C)cc1.I. The molecule has 0 aliphatic heterocycles. The van der Waals surface area contributed by atoms with E-state index in [1.165, 1.54) is 11.1 Å². The Kier molecular flexibility index (Phi) is 10.6. The van der Waals surface area contributed by atoms with E-state index in [1.807, 2.05) is 26.4 Å². The van der Waals surface area contributed by atoms with E-state index in [4.69, 9.17) is 0 Å². The zero-order valence-electron chi connectivity index (χ0n) is 18.0. The first-order valence-electron chi connectivity index (χ1n) is 9.92. The summed E-state index contributed by atoms with van der Waals surface area (Å²) >= 11 is 0. The Morgan fingerprint density at radius 1 is 1.07 bits per heavy atom. The minimum Gasteiger partial charge on any atom is -0.356 e. The van der Waals surface area contributed by atoms with Gasteiger partial charge in [0.15, 0.2) is 5.96 Å². The predicted octanol–water partition coefficient (Wildman–Crippen LogP) is 4.29. The van der Waals surface area contributed by atoms with E-state index >= 15 is 0 Å². The van der Waals surface area contributed by atoms with Crippen molar-refractivity contribution < 1.29 is 0 Å². The lowest BCUT2D eigenvalue weighted by atomic mass is 9.86. The molecule has 0 unspecified atom stereocenters. The molecule has 2 aromatic rings. The number of nitrogens with zero attached hydrogens (tertiary/aromatic N) is 3. The van der Waals surface area contributed by atoms with Crippen molar-refractivity contribution in [3.63, 3.8) is 0 Å². The number of imidazole rings is 1. The van der Waals surface area contributed by atoms with Gasteiger partial charge in [0.1, 0.15) is 5.82 Å². The van der Waals surface area contributed by atoms with Gasteiger partial charge in [-0.1, -0.05) is 45.0 Å². The number of hydrogen-bond acceptors (Lipinski definition) is 2. The maximum absolute atomic E-state index is 4.31. The Hall–Kier alpha value is -1.57. The zero-order valence-corrected chi connectivity index (χ0v) is 20.3. The van der Waals surface area contributed by atoms with Gasteiger partial charge in [-0.2, -0.15) is 0 Å². The fourth-order valence-electron chi connectivity index (χ4n) is 2.97. The number of aliphatic imine (C=N–C) groups is 1. The summed E-state index contributed by atoms with van der Waals surface area (Å²) < 4.78 is 2.19. The summed E-state index contributed by atoms with van der Waals surface area (Å²) in [5.41, 5.74) is 2.93. The predicted molar refractivity (Wildman–Crippen MR) is 130 cm³/mol. The third-order valence-corrected chi connectivity index (χ3v) is 4.79. The molecule has 0 saturated carbocycles. The van der Waals surface area contributed by atoms with Crippen molar-refractivity contribution in [3.8, 4) is 0 Å². The number of rotatable bonds is 8. The summed E-state index contributed by atoms with van der Waals surface area (Å²) in [5, 5.41) is 6.79. The molecule has 0 radical (unpaired) electrons. The van der Waals surface area contributed by atoms with Gasteiger partial charge >= 0.3 is 0 Å². The highest BCUT2D eigenvalue weighted by Crippen LogP contribution is 2.22. The van der Waals surface area contributed by atoms with E-state index in [0.717, 1.165) is 50.7 Å². The Balaban J connectivity index is 0.00000392. The fourth-order valence-corrected chi connectivity index (χ4v) is 2.97. The number of guanidine groups is 1. The van der Waals surface area contributed by atoms with Gasteiger partial charge in [-0.25, -0.2) is 4.98 Å². The van der Waals surface area contributed by atoms with E-state index in [9.17, 15) is 0 Å². The Labute approximate surface area is 187 Å². The van der Waals surface area contributed by atoms with Crippen molar-refractivity contribution in [3.05, 3.63) is 53.6 Å². The number of unbranched alkanes of at least 4 members (excludes halogenated alkanes) is 1. The average molecular weight is 497 g/mol. The van der Waals surface area contributed by atoms with Gasteiger partial charge in [0.25, 0.3) is 0 Å². The maximum Gasteiger partial charge on any atom is 0.190 e. The quantitative estimate of drug-likeness (QED) is 0.248. The van der Waals surface area contributed by atoms with Gasteiger partial charge in [0.2, 0.25) is 0 Å². The van der Waals surface area contributed by atoms with Gasteiger partial charge in [0, 0.05) is 39.1 Å². The Morgan fingerprint density at radius 3 is 2.32 bits per heavy atom. The van der Waals surface area contributed by atoms with Gasteiger partial charge in [0.05, 0.1) is 0 Å². The number of halogens is 1. The summed E-state index contributed by atoms with van der Waals surface area (Å²) in [4.78, 5) is 8.56. The molecule has 0 fully saturated rings. The molecule has 6 heteroatoms. The summed E-state index contributed by atoms with van der Waals surface area (Å²) in [6, 6.07) is 8.95. The normalized spacial score (nSPS) is 11.8. The second-order valence-electron chi connectivity index (χ2n) is 8.00. The summed E-state index contributed by atoms with van der Waals surface area (Å²) in [5.74, 6) is 1.95. The molecule has 0 atom stereocenters. The molecule has 2 N–H and O–H groups in total. The minimum absolute atomic E-state index is 0. The van der Waals surface area contributed by atoms with Crippen LogP contribution in [-0.2, 0) is 18.4 Å². The van der Waals surface area contributed by atoms with Crippen LogP contribution in [0, 0.1) is 6.92 Å². The van der Waals surface area contributed by atoms with Crippen LogP contribution in [-0.4, -0.2) is 35.6 Å². The second kappa shape index (κ2) is 12.1. The molecule has 0 spiro atoms. The van der Waals surface area contributed by atoms with Gasteiger partial charge < -0.3 is 15.2 Å². The standard InChI is InChI=1S/C22H35N5.HI/c1-18-24-15-17-27(18)16-7-6-13-25-21(23-5)26-14-12-19-8-10-20(11-9-19)22(2,3)4;/h8-11,15,17H,6-7,12-14,16H2,1-5H3,(H2,23,25,26);1H. The smallest absolute Gasteiger partial charge is 0.190 e. The molecular formula is C22H36IN5. The van der Waals surface area contributed by atoms with Crippen molar-refractivity contribution in [2.45, 2.75) is 58.9 Å². The largest absolute Gasteiger partial charge is 0.356 e. The monoisotopic (exact) mass is 497 g/mol. The molecule has 0 bridgehead atoms. The van der Waals surface area contributed by atoms with Crippen molar-refractivity contribution in [1.29, 1.82) is 0 Å². The van der Waals surface area contributed by atoms with Crippen LogP contribution >= 0.6 is 24.0 Å². The van der Waals surface area contributed by atoms with Crippen LogP contribution in [0.4, 0.5) is 0 Å². The van der Waals surface area contributed by atoms with Gasteiger partial charge in [-0.05, 0) is 42.7 Å². The number of aryl methyl sites for hydroxylation is 2. The topological polar surface area (TPSA) is 54.2 Å². The van der Waals surface area contributed by atoms with Crippen molar-refractivity contribution in [1.82, 2.24) is 20.2 Å². The van der Waals surface area contributed by atoms with Crippen LogP contribution in [0.25, 0.3) is 0 Å². The molecular weight excluding hydrogens is 461 g/mol. The van der Waals surface area contributed by atoms with E-state index in [-0.39, 0.29) is 29.4 Å².